The van der Waals surface area contributed by atoms with Crippen LogP contribution in [0.1, 0.15) is 46.1 Å². The van der Waals surface area contributed by atoms with Gasteiger partial charge in [0, 0.05) is 23.0 Å². The number of carbonyl (C=O) groups is 2. The van der Waals surface area contributed by atoms with Crippen LogP contribution in [-0.2, 0) is 16.1 Å². The number of ether oxygens (including phenoxy) is 1. The molecule has 0 saturated carbocycles. The number of rotatable bonds is 9. The van der Waals surface area contributed by atoms with E-state index in [0.717, 1.165) is 15.8 Å². The summed E-state index contributed by atoms with van der Waals surface area (Å²) < 4.78 is 6.66. The maximum absolute atomic E-state index is 13.0. The van der Waals surface area contributed by atoms with E-state index in [2.05, 4.69) is 21.2 Å². The van der Waals surface area contributed by atoms with E-state index < -0.39 is 6.04 Å². The van der Waals surface area contributed by atoms with Crippen molar-refractivity contribution < 1.29 is 14.3 Å². The van der Waals surface area contributed by atoms with E-state index in [1.165, 1.54) is 0 Å². The van der Waals surface area contributed by atoms with E-state index in [1.54, 1.807) is 11.8 Å². The van der Waals surface area contributed by atoms with Crippen molar-refractivity contribution in [2.24, 2.45) is 0 Å². The van der Waals surface area contributed by atoms with E-state index in [0.29, 0.717) is 26.0 Å². The van der Waals surface area contributed by atoms with Gasteiger partial charge in [-0.15, -0.1) is 0 Å². The van der Waals surface area contributed by atoms with Crippen LogP contribution in [0.4, 0.5) is 0 Å². The van der Waals surface area contributed by atoms with Crippen LogP contribution in [0, 0.1) is 0 Å². The summed E-state index contributed by atoms with van der Waals surface area (Å²) in [5, 5.41) is 2.97. The average molecular weight is 475 g/mol. The first kappa shape index (κ1) is 23.9. The van der Waals surface area contributed by atoms with Crippen molar-refractivity contribution in [2.75, 3.05) is 6.61 Å². The van der Waals surface area contributed by atoms with Crippen molar-refractivity contribution >= 4 is 27.7 Å². The largest absolute Gasteiger partial charge is 0.494 e. The number of hydrogen-bond acceptors (Lipinski definition) is 3. The zero-order valence-corrected chi connectivity index (χ0v) is 19.7. The van der Waals surface area contributed by atoms with Gasteiger partial charge < -0.3 is 15.0 Å². The van der Waals surface area contributed by atoms with Crippen LogP contribution in [0.25, 0.3) is 0 Å². The molecular weight excluding hydrogens is 444 g/mol. The molecule has 0 aliphatic rings. The van der Waals surface area contributed by atoms with E-state index in [4.69, 9.17) is 4.74 Å². The minimum atomic E-state index is -0.574. The third kappa shape index (κ3) is 8.19. The van der Waals surface area contributed by atoms with E-state index in [1.807, 2.05) is 75.4 Å². The van der Waals surface area contributed by atoms with Gasteiger partial charge in [0.1, 0.15) is 11.8 Å². The van der Waals surface area contributed by atoms with Gasteiger partial charge in [-0.1, -0.05) is 46.3 Å². The lowest BCUT2D eigenvalue weighted by atomic mass is 10.1. The number of para-hydroxylation sites is 1. The molecule has 2 rings (SSSR count). The Hall–Kier alpha value is -2.34. The van der Waals surface area contributed by atoms with E-state index in [-0.39, 0.29) is 17.4 Å². The molecule has 5 nitrogen and oxygen atoms in total. The highest BCUT2D eigenvalue weighted by Crippen LogP contribution is 2.16. The zero-order chi connectivity index (χ0) is 22.1. The monoisotopic (exact) mass is 474 g/mol. The molecule has 1 N–H and O–H groups in total. The highest BCUT2D eigenvalue weighted by atomic mass is 79.9. The van der Waals surface area contributed by atoms with Gasteiger partial charge in [-0.3, -0.25) is 9.59 Å². The molecule has 0 aromatic heterocycles. The third-order valence-electron chi connectivity index (χ3n) is 4.48. The van der Waals surface area contributed by atoms with Crippen LogP contribution in [0.3, 0.4) is 0 Å². The molecule has 0 unspecified atom stereocenters. The summed E-state index contributed by atoms with van der Waals surface area (Å²) in [6, 6.07) is 16.7. The number of carbonyl (C=O) groups excluding carboxylic acids is 2. The molecule has 0 heterocycles. The molecule has 6 heteroatoms. The first-order chi connectivity index (χ1) is 14.2. The number of halogens is 1. The number of nitrogens with zero attached hydrogens (tertiary/aromatic N) is 1. The third-order valence-corrected chi connectivity index (χ3v) is 5.01. The van der Waals surface area contributed by atoms with Crippen molar-refractivity contribution in [1.82, 2.24) is 10.2 Å². The van der Waals surface area contributed by atoms with Crippen molar-refractivity contribution in [1.29, 1.82) is 0 Å². The molecule has 0 radical (unpaired) electrons. The fraction of sp³-hybridized carbons (Fsp3) is 0.417. The van der Waals surface area contributed by atoms with Gasteiger partial charge in [0.25, 0.3) is 0 Å². The van der Waals surface area contributed by atoms with Gasteiger partial charge in [-0.25, -0.2) is 0 Å². The van der Waals surface area contributed by atoms with Crippen LogP contribution in [0.2, 0.25) is 0 Å². The fourth-order valence-corrected chi connectivity index (χ4v) is 3.18. The number of hydrogen-bond donors (Lipinski definition) is 1. The van der Waals surface area contributed by atoms with Crippen LogP contribution < -0.4 is 10.1 Å². The predicted molar refractivity (Wildman–Crippen MR) is 123 cm³/mol. The molecule has 0 aliphatic carbocycles. The molecule has 2 aromatic carbocycles. The molecule has 0 bridgehead atoms. The second-order valence-electron chi connectivity index (χ2n) is 8.33. The Balaban J connectivity index is 2.02. The molecule has 30 heavy (non-hydrogen) atoms. The molecule has 0 saturated heterocycles. The second-order valence-corrected chi connectivity index (χ2v) is 9.24. The molecule has 0 aliphatic heterocycles. The maximum Gasteiger partial charge on any atom is 0.242 e. The summed E-state index contributed by atoms with van der Waals surface area (Å²) in [5.41, 5.74) is 0.615. The number of benzene rings is 2. The lowest BCUT2D eigenvalue weighted by Gasteiger charge is -2.31. The Bertz CT molecular complexity index is 817. The summed E-state index contributed by atoms with van der Waals surface area (Å²) in [6.45, 7) is 8.39. The summed E-state index contributed by atoms with van der Waals surface area (Å²) >= 11 is 3.43. The van der Waals surface area contributed by atoms with Crippen molar-refractivity contribution in [3.63, 3.8) is 0 Å². The van der Waals surface area contributed by atoms with Gasteiger partial charge in [0.15, 0.2) is 0 Å². The van der Waals surface area contributed by atoms with Gasteiger partial charge in [0.05, 0.1) is 6.61 Å². The molecule has 0 spiro atoms. The highest BCUT2D eigenvalue weighted by molar-refractivity contribution is 9.10. The first-order valence-corrected chi connectivity index (χ1v) is 11.0. The first-order valence-electron chi connectivity index (χ1n) is 10.2. The second kappa shape index (κ2) is 11.2. The Labute approximate surface area is 187 Å². The average Bonchev–Trinajstić information content (AvgIpc) is 2.69. The highest BCUT2D eigenvalue weighted by Gasteiger charge is 2.28. The Morgan fingerprint density at radius 3 is 2.30 bits per heavy atom. The fourth-order valence-electron chi connectivity index (χ4n) is 2.92. The maximum atomic E-state index is 13.0. The number of nitrogens with one attached hydrogen (secondary N) is 1. The van der Waals surface area contributed by atoms with Crippen molar-refractivity contribution in [3.8, 4) is 5.75 Å². The lowest BCUT2D eigenvalue weighted by Crippen LogP contribution is -2.52. The van der Waals surface area contributed by atoms with Crippen LogP contribution in [-0.4, -0.2) is 34.9 Å². The van der Waals surface area contributed by atoms with Crippen molar-refractivity contribution in [3.05, 3.63) is 64.6 Å². The topological polar surface area (TPSA) is 58.6 Å². The van der Waals surface area contributed by atoms with Gasteiger partial charge in [-0.05, 0) is 63.9 Å². The van der Waals surface area contributed by atoms with Crippen LogP contribution in [0.15, 0.2) is 59.1 Å². The molecule has 1 atom stereocenters. The zero-order valence-electron chi connectivity index (χ0n) is 18.2. The minimum absolute atomic E-state index is 0.0638. The smallest absolute Gasteiger partial charge is 0.242 e. The standard InChI is InChI=1S/C24H31BrN2O3/c1-18(23(29)26-24(2,3)4)27(17-19-12-14-20(25)15-13-19)22(28)11-8-16-30-21-9-6-5-7-10-21/h5-7,9-10,12-15,18H,8,11,16-17H2,1-4H3,(H,26,29)/t18-/m0/s1. The van der Waals surface area contributed by atoms with E-state index >= 15 is 0 Å². The summed E-state index contributed by atoms with van der Waals surface area (Å²) in [5.74, 6) is 0.564. The van der Waals surface area contributed by atoms with Gasteiger partial charge >= 0.3 is 0 Å². The number of amides is 2. The Morgan fingerprint density at radius 1 is 1.07 bits per heavy atom. The normalized spacial score (nSPS) is 12.2. The summed E-state index contributed by atoms with van der Waals surface area (Å²) in [4.78, 5) is 27.4. The SMILES string of the molecule is C[C@@H](C(=O)NC(C)(C)C)N(Cc1ccc(Br)cc1)C(=O)CCCOc1ccccc1. The van der Waals surface area contributed by atoms with Crippen molar-refractivity contribution in [2.45, 2.75) is 58.7 Å². The lowest BCUT2D eigenvalue weighted by molar-refractivity contribution is -0.141. The molecular formula is C24H31BrN2O3. The molecule has 162 valence electrons. The molecule has 0 fully saturated rings. The molecule has 2 amide bonds. The predicted octanol–water partition coefficient (Wildman–Crippen LogP) is 4.94. The molecule has 2 aromatic rings. The summed E-state index contributed by atoms with van der Waals surface area (Å²) in [7, 11) is 0. The summed E-state index contributed by atoms with van der Waals surface area (Å²) in [6.07, 6.45) is 0.897. The quantitative estimate of drug-likeness (QED) is 0.523. The van der Waals surface area contributed by atoms with Crippen LogP contribution in [0.5, 0.6) is 5.75 Å². The minimum Gasteiger partial charge on any atom is -0.494 e. The Kier molecular flexibility index (Phi) is 8.90. The van der Waals surface area contributed by atoms with Crippen LogP contribution >= 0.6 is 15.9 Å². The Morgan fingerprint density at radius 2 is 1.70 bits per heavy atom. The van der Waals surface area contributed by atoms with Gasteiger partial charge in [-0.2, -0.15) is 0 Å². The van der Waals surface area contributed by atoms with Gasteiger partial charge in [0.2, 0.25) is 11.8 Å². The van der Waals surface area contributed by atoms with E-state index in [9.17, 15) is 9.59 Å².